The van der Waals surface area contributed by atoms with Gasteiger partial charge < -0.3 is 10.6 Å². The van der Waals surface area contributed by atoms with Crippen molar-refractivity contribution in [2.24, 2.45) is 5.92 Å². The predicted octanol–water partition coefficient (Wildman–Crippen LogP) is 1.08. The van der Waals surface area contributed by atoms with Gasteiger partial charge in [0.2, 0.25) is 0 Å². The van der Waals surface area contributed by atoms with Gasteiger partial charge in [0.1, 0.15) is 5.56 Å². The fourth-order valence-electron chi connectivity index (χ4n) is 2.86. The number of aromatic nitrogens is 3. The summed E-state index contributed by atoms with van der Waals surface area (Å²) in [7, 11) is 0. The summed E-state index contributed by atoms with van der Waals surface area (Å²) in [6.45, 7) is 6.65. The molecule has 6 heteroatoms. The normalized spacial score (nSPS) is 18.9. The maximum Gasteiger partial charge on any atom is 0.256 e. The molecule has 0 aliphatic carbocycles. The molecular weight excluding hydrogens is 266 g/mol. The Bertz CT molecular complexity index is 657. The molecule has 1 aliphatic heterocycles. The zero-order chi connectivity index (χ0) is 14.8. The number of carbonyl (C=O) groups is 1. The summed E-state index contributed by atoms with van der Waals surface area (Å²) in [6.07, 6.45) is 3.94. The smallest absolute Gasteiger partial charge is 0.256 e. The van der Waals surface area contributed by atoms with Gasteiger partial charge in [-0.15, -0.1) is 0 Å². The Morgan fingerprint density at radius 2 is 2.38 bits per heavy atom. The Kier molecular flexibility index (Phi) is 3.88. The van der Waals surface area contributed by atoms with E-state index in [4.69, 9.17) is 0 Å². The second-order valence-corrected chi connectivity index (χ2v) is 5.75. The molecule has 1 unspecified atom stereocenters. The third-order valence-electron chi connectivity index (χ3n) is 3.97. The van der Waals surface area contributed by atoms with E-state index in [0.29, 0.717) is 23.7 Å². The monoisotopic (exact) mass is 287 g/mol. The van der Waals surface area contributed by atoms with Crippen molar-refractivity contribution in [3.63, 3.8) is 0 Å². The number of rotatable bonds is 3. The van der Waals surface area contributed by atoms with Crippen LogP contribution < -0.4 is 10.6 Å². The van der Waals surface area contributed by atoms with Crippen molar-refractivity contribution in [1.29, 1.82) is 0 Å². The first-order valence-electron chi connectivity index (χ1n) is 7.46. The van der Waals surface area contributed by atoms with Crippen molar-refractivity contribution in [2.75, 3.05) is 19.6 Å². The van der Waals surface area contributed by atoms with E-state index < -0.39 is 0 Å². The third kappa shape index (κ3) is 2.90. The van der Waals surface area contributed by atoms with Gasteiger partial charge in [-0.1, -0.05) is 0 Å². The minimum Gasteiger partial charge on any atom is -0.352 e. The molecule has 0 aromatic carbocycles. The molecule has 1 aliphatic rings. The average molecular weight is 287 g/mol. The molecule has 1 saturated heterocycles. The standard InChI is InChI=1S/C15H21N5O/c1-10-6-11(2)20-14(19-10)13(9-18-20)15(21)17-8-12-4-3-5-16-7-12/h6,9,12,16H,3-5,7-8H2,1-2H3,(H,17,21). The van der Waals surface area contributed by atoms with Gasteiger partial charge in [0.05, 0.1) is 6.20 Å². The Labute approximate surface area is 123 Å². The minimum absolute atomic E-state index is 0.0897. The Hall–Kier alpha value is -1.95. The predicted molar refractivity (Wildman–Crippen MR) is 80.4 cm³/mol. The van der Waals surface area contributed by atoms with Crippen molar-refractivity contribution in [3.8, 4) is 0 Å². The lowest BCUT2D eigenvalue weighted by atomic mass is 10.00. The molecule has 1 fully saturated rings. The molecule has 6 nitrogen and oxygen atoms in total. The maximum atomic E-state index is 12.4. The Morgan fingerprint density at radius 3 is 3.14 bits per heavy atom. The van der Waals surface area contributed by atoms with Crippen LogP contribution in [-0.4, -0.2) is 40.1 Å². The molecule has 3 rings (SSSR count). The number of hydrogen-bond donors (Lipinski definition) is 2. The van der Waals surface area contributed by atoms with Crippen LogP contribution in [0.5, 0.6) is 0 Å². The van der Waals surface area contributed by atoms with Crippen molar-refractivity contribution < 1.29 is 4.79 Å². The van der Waals surface area contributed by atoms with Gasteiger partial charge in [0, 0.05) is 17.9 Å². The van der Waals surface area contributed by atoms with Crippen molar-refractivity contribution >= 4 is 11.6 Å². The van der Waals surface area contributed by atoms with Crippen LogP contribution in [0.1, 0.15) is 34.6 Å². The van der Waals surface area contributed by atoms with E-state index in [-0.39, 0.29) is 5.91 Å². The molecule has 1 atom stereocenters. The molecule has 0 saturated carbocycles. The van der Waals surface area contributed by atoms with Crippen LogP contribution in [0.4, 0.5) is 0 Å². The summed E-state index contributed by atoms with van der Waals surface area (Å²) in [5.41, 5.74) is 3.05. The number of nitrogens with one attached hydrogen (secondary N) is 2. The quantitative estimate of drug-likeness (QED) is 0.886. The van der Waals surface area contributed by atoms with E-state index in [0.717, 1.165) is 24.5 Å². The van der Waals surface area contributed by atoms with E-state index in [2.05, 4.69) is 20.7 Å². The lowest BCUT2D eigenvalue weighted by Gasteiger charge is -2.22. The topological polar surface area (TPSA) is 71.3 Å². The highest BCUT2D eigenvalue weighted by Crippen LogP contribution is 2.13. The molecule has 3 heterocycles. The SMILES string of the molecule is Cc1cc(C)n2ncc(C(=O)NCC3CCCNC3)c2n1. The first-order valence-corrected chi connectivity index (χ1v) is 7.46. The average Bonchev–Trinajstić information content (AvgIpc) is 2.90. The summed E-state index contributed by atoms with van der Waals surface area (Å²) in [5, 5.41) is 10.6. The van der Waals surface area contributed by atoms with Gasteiger partial charge in [-0.2, -0.15) is 5.10 Å². The van der Waals surface area contributed by atoms with Crippen molar-refractivity contribution in [1.82, 2.24) is 25.2 Å². The number of carbonyl (C=O) groups excluding carboxylic acids is 1. The first kappa shape index (κ1) is 14.0. The van der Waals surface area contributed by atoms with Gasteiger partial charge in [0.25, 0.3) is 5.91 Å². The molecule has 2 aromatic heterocycles. The van der Waals surface area contributed by atoms with E-state index in [1.54, 1.807) is 10.7 Å². The molecule has 0 radical (unpaired) electrons. The molecule has 2 N–H and O–H groups in total. The molecule has 21 heavy (non-hydrogen) atoms. The second kappa shape index (κ2) is 5.81. The number of aryl methyl sites for hydroxylation is 2. The van der Waals surface area contributed by atoms with Gasteiger partial charge in [-0.05, 0) is 51.8 Å². The number of hydrogen-bond acceptors (Lipinski definition) is 4. The third-order valence-corrected chi connectivity index (χ3v) is 3.97. The van der Waals surface area contributed by atoms with Crippen LogP contribution in [0.2, 0.25) is 0 Å². The number of nitrogens with zero attached hydrogens (tertiary/aromatic N) is 3. The first-order chi connectivity index (χ1) is 10.1. The fourth-order valence-corrected chi connectivity index (χ4v) is 2.86. The van der Waals surface area contributed by atoms with Crippen LogP contribution in [0, 0.1) is 19.8 Å². The minimum atomic E-state index is -0.0897. The van der Waals surface area contributed by atoms with E-state index in [1.807, 2.05) is 19.9 Å². The van der Waals surface area contributed by atoms with Crippen molar-refractivity contribution in [3.05, 3.63) is 29.2 Å². The molecule has 1 amide bonds. The van der Waals surface area contributed by atoms with Gasteiger partial charge in [0.15, 0.2) is 5.65 Å². The lowest BCUT2D eigenvalue weighted by Crippen LogP contribution is -2.38. The number of piperidine rings is 1. The van der Waals surface area contributed by atoms with E-state index >= 15 is 0 Å². The molecule has 2 aromatic rings. The zero-order valence-electron chi connectivity index (χ0n) is 12.5. The van der Waals surface area contributed by atoms with Gasteiger partial charge in [-0.3, -0.25) is 4.79 Å². The zero-order valence-corrected chi connectivity index (χ0v) is 12.5. The van der Waals surface area contributed by atoms with Gasteiger partial charge >= 0.3 is 0 Å². The summed E-state index contributed by atoms with van der Waals surface area (Å²) in [4.78, 5) is 16.8. The fraction of sp³-hybridized carbons (Fsp3) is 0.533. The summed E-state index contributed by atoms with van der Waals surface area (Å²) in [5.74, 6) is 0.425. The molecule has 112 valence electrons. The number of amides is 1. The largest absolute Gasteiger partial charge is 0.352 e. The summed E-state index contributed by atoms with van der Waals surface area (Å²) < 4.78 is 1.71. The molecule has 0 bridgehead atoms. The van der Waals surface area contributed by atoms with Crippen molar-refractivity contribution in [2.45, 2.75) is 26.7 Å². The van der Waals surface area contributed by atoms with Crippen LogP contribution in [0.25, 0.3) is 5.65 Å². The molecule has 0 spiro atoms. The Morgan fingerprint density at radius 1 is 1.52 bits per heavy atom. The van der Waals surface area contributed by atoms with E-state index in [9.17, 15) is 4.79 Å². The highest BCUT2D eigenvalue weighted by molar-refractivity contribution is 5.99. The Balaban J connectivity index is 1.75. The van der Waals surface area contributed by atoms with Gasteiger partial charge in [-0.25, -0.2) is 9.50 Å². The highest BCUT2D eigenvalue weighted by Gasteiger charge is 2.18. The molecular formula is C15H21N5O. The van der Waals surface area contributed by atoms with Crippen LogP contribution in [0.15, 0.2) is 12.3 Å². The van der Waals surface area contributed by atoms with E-state index in [1.165, 1.54) is 12.8 Å². The van der Waals surface area contributed by atoms with Crippen LogP contribution >= 0.6 is 0 Å². The van der Waals surface area contributed by atoms with Crippen LogP contribution in [0.3, 0.4) is 0 Å². The summed E-state index contributed by atoms with van der Waals surface area (Å²) >= 11 is 0. The second-order valence-electron chi connectivity index (χ2n) is 5.75. The summed E-state index contributed by atoms with van der Waals surface area (Å²) in [6, 6.07) is 1.95. The highest BCUT2D eigenvalue weighted by atomic mass is 16.1. The maximum absolute atomic E-state index is 12.4. The number of fused-ring (bicyclic) bond motifs is 1. The van der Waals surface area contributed by atoms with Crippen LogP contribution in [-0.2, 0) is 0 Å². The lowest BCUT2D eigenvalue weighted by molar-refractivity contribution is 0.0946.